The van der Waals surface area contributed by atoms with Crippen LogP contribution in [0.5, 0.6) is 0 Å². The number of nitrogens with two attached hydrogens (primary N) is 1. The second-order valence-electron chi connectivity index (χ2n) is 10.6. The molecule has 2 atom stereocenters. The zero-order chi connectivity index (χ0) is 28.2. The van der Waals surface area contributed by atoms with Gasteiger partial charge in [0.05, 0.1) is 39.2 Å². The summed E-state index contributed by atoms with van der Waals surface area (Å²) in [6.07, 6.45) is 8.46. The molecule has 0 radical (unpaired) electrons. The summed E-state index contributed by atoms with van der Waals surface area (Å²) in [6.45, 7) is 0. The number of anilines is 3. The average Bonchev–Trinajstić information content (AvgIpc) is 3.71. The molecule has 6 aromatic rings. The Morgan fingerprint density at radius 3 is 2.31 bits per heavy atom. The normalized spacial score (nSPS) is 17.6. The lowest BCUT2D eigenvalue weighted by molar-refractivity contribution is 0.696. The molecule has 1 aliphatic heterocycles. The van der Waals surface area contributed by atoms with Crippen LogP contribution < -0.4 is 16.0 Å². The number of nitrogens with zero attached hydrogens (tertiary/aromatic N) is 3. The van der Waals surface area contributed by atoms with Crippen LogP contribution >= 0.6 is 11.3 Å². The lowest BCUT2D eigenvalue weighted by atomic mass is 10.0. The van der Waals surface area contributed by atoms with E-state index in [2.05, 4.69) is 142 Å². The number of rotatable bonds is 5. The molecule has 3 N–H and O–H groups in total. The van der Waals surface area contributed by atoms with E-state index in [0.29, 0.717) is 0 Å². The summed E-state index contributed by atoms with van der Waals surface area (Å²) in [4.78, 5) is 8.68. The minimum absolute atomic E-state index is 0.0835. The van der Waals surface area contributed by atoms with Gasteiger partial charge in [-0.3, -0.25) is 4.99 Å². The highest BCUT2D eigenvalue weighted by molar-refractivity contribution is 7.23. The van der Waals surface area contributed by atoms with Gasteiger partial charge < -0.3 is 20.5 Å². The molecule has 8 rings (SSSR count). The zero-order valence-electron chi connectivity index (χ0n) is 23.1. The van der Waals surface area contributed by atoms with Crippen molar-refractivity contribution in [3.05, 3.63) is 133 Å². The van der Waals surface area contributed by atoms with E-state index in [4.69, 9.17) is 10.7 Å². The predicted molar refractivity (Wildman–Crippen MR) is 179 cm³/mol. The number of allylic oxidation sites excluding steroid dienone is 2. The van der Waals surface area contributed by atoms with Gasteiger partial charge in [-0.1, -0.05) is 85.0 Å². The van der Waals surface area contributed by atoms with Crippen molar-refractivity contribution >= 4 is 55.1 Å². The summed E-state index contributed by atoms with van der Waals surface area (Å²) in [5, 5.41) is 5.73. The van der Waals surface area contributed by atoms with Crippen LogP contribution in [0.15, 0.2) is 132 Å². The van der Waals surface area contributed by atoms with Crippen LogP contribution in [0.3, 0.4) is 0 Å². The Balaban J connectivity index is 1.28. The molecule has 2 aromatic heterocycles. The Bertz CT molecular complexity index is 2050. The molecule has 2 unspecified atom stereocenters. The highest BCUT2D eigenvalue weighted by Crippen LogP contribution is 2.48. The molecule has 42 heavy (non-hydrogen) atoms. The summed E-state index contributed by atoms with van der Waals surface area (Å²) >= 11 is 1.77. The number of thiophene rings is 1. The van der Waals surface area contributed by atoms with Crippen LogP contribution in [-0.2, 0) is 0 Å². The first-order valence-corrected chi connectivity index (χ1v) is 15.0. The maximum Gasteiger partial charge on any atom is 0.148 e. The maximum absolute atomic E-state index is 6.96. The second-order valence-corrected chi connectivity index (χ2v) is 11.7. The number of aromatic nitrogens is 1. The van der Waals surface area contributed by atoms with E-state index in [1.807, 2.05) is 7.05 Å². The van der Waals surface area contributed by atoms with Gasteiger partial charge in [0, 0.05) is 33.9 Å². The van der Waals surface area contributed by atoms with Crippen molar-refractivity contribution < 1.29 is 0 Å². The molecular formula is C36H29N5S. The van der Waals surface area contributed by atoms with Gasteiger partial charge in [-0.15, -0.1) is 11.3 Å². The van der Waals surface area contributed by atoms with Gasteiger partial charge in [-0.05, 0) is 48.0 Å². The van der Waals surface area contributed by atoms with E-state index in [9.17, 15) is 0 Å². The van der Waals surface area contributed by atoms with Gasteiger partial charge in [0.25, 0.3) is 0 Å². The van der Waals surface area contributed by atoms with Crippen LogP contribution in [0.25, 0.3) is 37.2 Å². The number of aliphatic imine (C=N–C) groups is 1. The van der Waals surface area contributed by atoms with Crippen molar-refractivity contribution in [1.82, 2.24) is 4.57 Å². The van der Waals surface area contributed by atoms with Crippen LogP contribution in [0.1, 0.15) is 11.7 Å². The van der Waals surface area contributed by atoms with Gasteiger partial charge in [-0.25, -0.2) is 0 Å². The van der Waals surface area contributed by atoms with Crippen molar-refractivity contribution in [2.24, 2.45) is 4.99 Å². The highest BCUT2D eigenvalue weighted by Gasteiger charge is 2.35. The Morgan fingerprint density at radius 2 is 1.50 bits per heavy atom. The van der Waals surface area contributed by atoms with Crippen LogP contribution in [-0.4, -0.2) is 23.4 Å². The topological polar surface area (TPSA) is 58.6 Å². The van der Waals surface area contributed by atoms with E-state index >= 15 is 0 Å². The van der Waals surface area contributed by atoms with Crippen LogP contribution in [0.4, 0.5) is 17.1 Å². The van der Waals surface area contributed by atoms with E-state index < -0.39 is 0 Å². The van der Waals surface area contributed by atoms with Crippen molar-refractivity contribution in [2.45, 2.75) is 12.2 Å². The first-order chi connectivity index (χ1) is 20.7. The molecule has 4 aromatic carbocycles. The second kappa shape index (κ2) is 9.79. The van der Waals surface area contributed by atoms with Gasteiger partial charge in [0.1, 0.15) is 6.17 Å². The SMILES string of the molecule is CNc1c(-c2c(N)c3ccccc3n2-c2ccc(N3C4C=CC=CC4=NC3c3ccccc3)cc2)sc2ccccc12. The summed E-state index contributed by atoms with van der Waals surface area (Å²) in [6, 6.07) is 36.4. The minimum Gasteiger partial charge on any atom is -0.396 e. The molecule has 204 valence electrons. The molecule has 0 saturated carbocycles. The fourth-order valence-electron chi connectivity index (χ4n) is 6.38. The molecule has 3 heterocycles. The average molecular weight is 564 g/mol. The number of fused-ring (bicyclic) bond motifs is 3. The smallest absolute Gasteiger partial charge is 0.148 e. The maximum atomic E-state index is 6.96. The minimum atomic E-state index is -0.0835. The highest BCUT2D eigenvalue weighted by atomic mass is 32.1. The number of benzene rings is 4. The Hall–Kier alpha value is -5.07. The molecule has 0 bridgehead atoms. The van der Waals surface area contributed by atoms with E-state index in [1.54, 1.807) is 11.3 Å². The molecule has 1 aliphatic carbocycles. The number of nitrogen functional groups attached to an aromatic ring is 1. The first-order valence-electron chi connectivity index (χ1n) is 14.2. The third kappa shape index (κ3) is 3.72. The quantitative estimate of drug-likeness (QED) is 0.221. The number of para-hydroxylation sites is 1. The fraction of sp³-hybridized carbons (Fsp3) is 0.0833. The van der Waals surface area contributed by atoms with Crippen molar-refractivity contribution in [1.29, 1.82) is 0 Å². The van der Waals surface area contributed by atoms with Crippen molar-refractivity contribution in [3.8, 4) is 16.3 Å². The third-order valence-electron chi connectivity index (χ3n) is 8.29. The van der Waals surface area contributed by atoms with Gasteiger partial charge >= 0.3 is 0 Å². The fourth-order valence-corrected chi connectivity index (χ4v) is 7.64. The first kappa shape index (κ1) is 24.7. The van der Waals surface area contributed by atoms with Gasteiger partial charge in [0.2, 0.25) is 0 Å². The lowest BCUT2D eigenvalue weighted by Crippen LogP contribution is -2.35. The van der Waals surface area contributed by atoms with E-state index in [-0.39, 0.29) is 12.2 Å². The number of hydrogen-bond donors (Lipinski definition) is 2. The van der Waals surface area contributed by atoms with Crippen molar-refractivity contribution in [3.63, 3.8) is 0 Å². The Morgan fingerprint density at radius 1 is 0.786 bits per heavy atom. The monoisotopic (exact) mass is 563 g/mol. The molecule has 2 aliphatic rings. The molecule has 5 nitrogen and oxygen atoms in total. The molecule has 6 heteroatoms. The summed E-state index contributed by atoms with van der Waals surface area (Å²) in [5.41, 5.74) is 15.4. The molecule has 0 amide bonds. The molecule has 0 spiro atoms. The Kier molecular flexibility index (Phi) is 5.76. The molecule has 0 saturated heterocycles. The summed E-state index contributed by atoms with van der Waals surface area (Å²) in [5.74, 6) is 0. The predicted octanol–water partition coefficient (Wildman–Crippen LogP) is 8.59. The Labute approximate surface area is 248 Å². The van der Waals surface area contributed by atoms with Crippen LogP contribution in [0, 0.1) is 0 Å². The standard InChI is InChI=1S/C36H29N5S/c1-38-33-27-14-6-10-18-31(27)42-35(33)34-32(37)26-13-5-8-16-29(26)40(34)24-19-21-25(22-20-24)41-30-17-9-7-15-28(30)39-36(41)23-11-3-2-4-12-23/h2-22,30,36,38H,37H2,1H3. The zero-order valence-corrected chi connectivity index (χ0v) is 23.9. The molecule has 0 fully saturated rings. The largest absolute Gasteiger partial charge is 0.396 e. The summed E-state index contributed by atoms with van der Waals surface area (Å²) < 4.78 is 3.54. The summed E-state index contributed by atoms with van der Waals surface area (Å²) in [7, 11) is 1.99. The van der Waals surface area contributed by atoms with Gasteiger partial charge in [0.15, 0.2) is 0 Å². The van der Waals surface area contributed by atoms with Crippen molar-refractivity contribution in [2.75, 3.05) is 23.0 Å². The number of nitrogens with one attached hydrogen (secondary N) is 1. The van der Waals surface area contributed by atoms with E-state index in [0.717, 1.165) is 49.9 Å². The molecular weight excluding hydrogens is 534 g/mol. The third-order valence-corrected chi connectivity index (χ3v) is 9.46. The van der Waals surface area contributed by atoms with E-state index in [1.165, 1.54) is 15.6 Å². The number of hydrogen-bond acceptors (Lipinski definition) is 5. The lowest BCUT2D eigenvalue weighted by Gasteiger charge is -2.31. The van der Waals surface area contributed by atoms with Crippen LogP contribution in [0.2, 0.25) is 0 Å². The van der Waals surface area contributed by atoms with Gasteiger partial charge in [-0.2, -0.15) is 0 Å².